The Kier molecular flexibility index (Phi) is 7.09. The zero-order chi connectivity index (χ0) is 12.7. The molecule has 0 aliphatic carbocycles. The molecule has 1 unspecified atom stereocenters. The Morgan fingerprint density at radius 3 is 2.71 bits per heavy atom. The van der Waals surface area contributed by atoms with Crippen molar-refractivity contribution in [3.05, 3.63) is 0 Å². The summed E-state index contributed by atoms with van der Waals surface area (Å²) in [6.07, 6.45) is 5.37. The molecule has 0 aromatic heterocycles. The summed E-state index contributed by atoms with van der Waals surface area (Å²) in [5.74, 6) is 0. The Hall–Kier alpha value is -0.120. The number of hydrogen-bond donors (Lipinski definition) is 1. The van der Waals surface area contributed by atoms with Gasteiger partial charge in [-0.2, -0.15) is 0 Å². The molecule has 1 aliphatic rings. The number of hydrogen-bond acceptors (Lipinski definition) is 3. The van der Waals surface area contributed by atoms with Crippen molar-refractivity contribution in [2.75, 3.05) is 40.3 Å². The van der Waals surface area contributed by atoms with E-state index in [4.69, 9.17) is 0 Å². The first-order valence-corrected chi connectivity index (χ1v) is 7.21. The maximum Gasteiger partial charge on any atom is 0.0220 e. The predicted molar refractivity (Wildman–Crippen MR) is 75.5 cm³/mol. The van der Waals surface area contributed by atoms with Crippen LogP contribution in [-0.2, 0) is 0 Å². The standard InChI is InChI=1S/C14H31N3/c1-13(2)15-9-5-6-10-16(3)12-14-8-7-11-17(14)4/h13-15H,5-12H2,1-4H3. The molecule has 0 spiro atoms. The normalized spacial score (nSPS) is 21.9. The molecule has 0 aromatic rings. The SMILES string of the molecule is CC(C)NCCCCN(C)CC1CCCN1C. The van der Waals surface area contributed by atoms with Crippen LogP contribution in [-0.4, -0.2) is 62.2 Å². The molecule has 1 fully saturated rings. The Labute approximate surface area is 108 Å². The molecular formula is C14H31N3. The summed E-state index contributed by atoms with van der Waals surface area (Å²) in [5.41, 5.74) is 0. The first-order chi connectivity index (χ1) is 8.09. The van der Waals surface area contributed by atoms with Gasteiger partial charge >= 0.3 is 0 Å². The Balaban J connectivity index is 1.99. The lowest BCUT2D eigenvalue weighted by Crippen LogP contribution is -2.37. The third kappa shape index (κ3) is 6.39. The third-order valence-electron chi connectivity index (χ3n) is 3.71. The maximum absolute atomic E-state index is 3.47. The average molecular weight is 241 g/mol. The molecule has 0 radical (unpaired) electrons. The third-order valence-corrected chi connectivity index (χ3v) is 3.71. The molecule has 1 heterocycles. The van der Waals surface area contributed by atoms with E-state index in [9.17, 15) is 0 Å². The highest BCUT2D eigenvalue weighted by Crippen LogP contribution is 2.15. The summed E-state index contributed by atoms with van der Waals surface area (Å²) in [6.45, 7) is 9.36. The number of rotatable bonds is 8. The van der Waals surface area contributed by atoms with Crippen LogP contribution in [0.3, 0.4) is 0 Å². The van der Waals surface area contributed by atoms with Crippen LogP contribution in [0.4, 0.5) is 0 Å². The average Bonchev–Trinajstić information content (AvgIpc) is 2.63. The first kappa shape index (κ1) is 14.9. The smallest absolute Gasteiger partial charge is 0.0220 e. The minimum atomic E-state index is 0.625. The quantitative estimate of drug-likeness (QED) is 0.654. The molecule has 1 rings (SSSR count). The number of likely N-dealkylation sites (N-methyl/N-ethyl adjacent to an activating group) is 2. The second-order valence-corrected chi connectivity index (χ2v) is 5.85. The van der Waals surface area contributed by atoms with Crippen molar-refractivity contribution in [3.63, 3.8) is 0 Å². The van der Waals surface area contributed by atoms with Crippen LogP contribution < -0.4 is 5.32 Å². The van der Waals surface area contributed by atoms with Gasteiger partial charge in [0.2, 0.25) is 0 Å². The van der Waals surface area contributed by atoms with Crippen molar-refractivity contribution in [2.24, 2.45) is 0 Å². The number of nitrogens with zero attached hydrogens (tertiary/aromatic N) is 2. The summed E-state index contributed by atoms with van der Waals surface area (Å²) in [6, 6.07) is 1.42. The number of likely N-dealkylation sites (tertiary alicyclic amines) is 1. The predicted octanol–water partition coefficient (Wildman–Crippen LogP) is 1.79. The fourth-order valence-electron chi connectivity index (χ4n) is 2.56. The van der Waals surface area contributed by atoms with Crippen molar-refractivity contribution >= 4 is 0 Å². The van der Waals surface area contributed by atoms with Crippen molar-refractivity contribution in [1.29, 1.82) is 0 Å². The molecule has 0 bridgehead atoms. The van der Waals surface area contributed by atoms with Gasteiger partial charge in [-0.1, -0.05) is 13.8 Å². The van der Waals surface area contributed by atoms with E-state index in [-0.39, 0.29) is 0 Å². The molecule has 3 nitrogen and oxygen atoms in total. The largest absolute Gasteiger partial charge is 0.315 e. The van der Waals surface area contributed by atoms with Gasteiger partial charge in [0.05, 0.1) is 0 Å². The molecule has 17 heavy (non-hydrogen) atoms. The zero-order valence-electron chi connectivity index (χ0n) is 12.2. The highest BCUT2D eigenvalue weighted by atomic mass is 15.2. The minimum Gasteiger partial charge on any atom is -0.315 e. The molecule has 0 saturated carbocycles. The Morgan fingerprint density at radius 2 is 2.12 bits per heavy atom. The van der Waals surface area contributed by atoms with Crippen LogP contribution in [0.1, 0.15) is 39.5 Å². The number of unbranched alkanes of at least 4 members (excludes halogenated alkanes) is 1. The van der Waals surface area contributed by atoms with Gasteiger partial charge < -0.3 is 15.1 Å². The fraction of sp³-hybridized carbons (Fsp3) is 1.00. The van der Waals surface area contributed by atoms with Crippen LogP contribution in [0.5, 0.6) is 0 Å². The van der Waals surface area contributed by atoms with Gasteiger partial charge in [0.15, 0.2) is 0 Å². The summed E-state index contributed by atoms with van der Waals surface area (Å²) in [4.78, 5) is 5.01. The van der Waals surface area contributed by atoms with Gasteiger partial charge in [0, 0.05) is 18.6 Å². The second kappa shape index (κ2) is 8.06. The molecule has 0 aromatic carbocycles. The van der Waals surface area contributed by atoms with E-state index in [2.05, 4.69) is 43.1 Å². The molecule has 3 heteroatoms. The highest BCUT2D eigenvalue weighted by Gasteiger charge is 2.21. The molecule has 1 N–H and O–H groups in total. The zero-order valence-corrected chi connectivity index (χ0v) is 12.2. The lowest BCUT2D eigenvalue weighted by molar-refractivity contribution is 0.217. The molecule has 1 saturated heterocycles. The van der Waals surface area contributed by atoms with E-state index in [0.29, 0.717) is 6.04 Å². The monoisotopic (exact) mass is 241 g/mol. The second-order valence-electron chi connectivity index (χ2n) is 5.85. The summed E-state index contributed by atoms with van der Waals surface area (Å²) in [7, 11) is 4.53. The molecule has 1 atom stereocenters. The lowest BCUT2D eigenvalue weighted by Gasteiger charge is -2.25. The van der Waals surface area contributed by atoms with Gasteiger partial charge in [-0.3, -0.25) is 0 Å². The molecular weight excluding hydrogens is 210 g/mol. The molecule has 102 valence electrons. The van der Waals surface area contributed by atoms with E-state index in [1.54, 1.807) is 0 Å². The van der Waals surface area contributed by atoms with Gasteiger partial charge in [-0.05, 0) is 59.4 Å². The van der Waals surface area contributed by atoms with E-state index in [1.807, 2.05) is 0 Å². The van der Waals surface area contributed by atoms with Crippen molar-refractivity contribution in [3.8, 4) is 0 Å². The van der Waals surface area contributed by atoms with Crippen molar-refractivity contribution in [2.45, 2.75) is 51.6 Å². The lowest BCUT2D eigenvalue weighted by atomic mass is 10.2. The topological polar surface area (TPSA) is 18.5 Å². The van der Waals surface area contributed by atoms with Crippen LogP contribution in [0.15, 0.2) is 0 Å². The van der Waals surface area contributed by atoms with Crippen LogP contribution in [0, 0.1) is 0 Å². The van der Waals surface area contributed by atoms with Crippen LogP contribution in [0.25, 0.3) is 0 Å². The van der Waals surface area contributed by atoms with Crippen LogP contribution in [0.2, 0.25) is 0 Å². The van der Waals surface area contributed by atoms with Crippen LogP contribution >= 0.6 is 0 Å². The van der Waals surface area contributed by atoms with Gasteiger partial charge in [-0.25, -0.2) is 0 Å². The first-order valence-electron chi connectivity index (χ1n) is 7.21. The minimum absolute atomic E-state index is 0.625. The fourth-order valence-corrected chi connectivity index (χ4v) is 2.56. The Morgan fingerprint density at radius 1 is 1.35 bits per heavy atom. The number of nitrogens with one attached hydrogen (secondary N) is 1. The van der Waals surface area contributed by atoms with E-state index in [0.717, 1.165) is 12.6 Å². The summed E-state index contributed by atoms with van der Waals surface area (Å²) >= 11 is 0. The van der Waals surface area contributed by atoms with Gasteiger partial charge in [-0.15, -0.1) is 0 Å². The van der Waals surface area contributed by atoms with E-state index in [1.165, 1.54) is 45.3 Å². The van der Waals surface area contributed by atoms with Gasteiger partial charge in [0.1, 0.15) is 0 Å². The highest BCUT2D eigenvalue weighted by molar-refractivity contribution is 4.78. The van der Waals surface area contributed by atoms with Crippen molar-refractivity contribution in [1.82, 2.24) is 15.1 Å². The molecule has 1 aliphatic heterocycles. The van der Waals surface area contributed by atoms with Gasteiger partial charge in [0.25, 0.3) is 0 Å². The van der Waals surface area contributed by atoms with E-state index < -0.39 is 0 Å². The summed E-state index contributed by atoms with van der Waals surface area (Å²) < 4.78 is 0. The Bertz CT molecular complexity index is 194. The van der Waals surface area contributed by atoms with E-state index >= 15 is 0 Å². The van der Waals surface area contributed by atoms with Crippen molar-refractivity contribution < 1.29 is 0 Å². The maximum atomic E-state index is 3.47. The summed E-state index contributed by atoms with van der Waals surface area (Å²) in [5, 5.41) is 3.47. The molecule has 0 amide bonds.